The van der Waals surface area contributed by atoms with Crippen LogP contribution >= 0.6 is 0 Å². The molecule has 0 fully saturated rings. The SMILES string of the molecule is CCCCCCCCCCCC/C=C/C(O)C(CO)NC(=O)CCCCCCCCCCCCCCCCCCCCOC(=O)CCCCCCCCCCCCCCCCC. The van der Waals surface area contributed by atoms with Crippen LogP contribution in [-0.4, -0.2) is 47.4 Å². The zero-order valence-electron chi connectivity index (χ0n) is 41.9. The molecular weight excluding hydrogens is 767 g/mol. The number of carbonyl (C=O) groups excluding carboxylic acids is 2. The smallest absolute Gasteiger partial charge is 0.305 e. The number of allylic oxidation sites excluding steroid dienone is 1. The van der Waals surface area contributed by atoms with Gasteiger partial charge in [0.15, 0.2) is 0 Å². The number of nitrogens with one attached hydrogen (secondary N) is 1. The lowest BCUT2D eigenvalue weighted by Crippen LogP contribution is -2.45. The molecule has 0 saturated heterocycles. The number of amides is 1. The van der Waals surface area contributed by atoms with Crippen LogP contribution in [0.5, 0.6) is 0 Å². The van der Waals surface area contributed by atoms with Crippen molar-refractivity contribution in [1.82, 2.24) is 5.32 Å². The number of unbranched alkanes of at least 4 members (excludes halogenated alkanes) is 41. The van der Waals surface area contributed by atoms with Gasteiger partial charge in [0.25, 0.3) is 0 Å². The fourth-order valence-corrected chi connectivity index (χ4v) is 8.75. The lowest BCUT2D eigenvalue weighted by Gasteiger charge is -2.20. The van der Waals surface area contributed by atoms with E-state index < -0.39 is 12.1 Å². The summed E-state index contributed by atoms with van der Waals surface area (Å²) in [4.78, 5) is 24.5. The molecule has 2 atom stereocenters. The van der Waals surface area contributed by atoms with Gasteiger partial charge in [0.2, 0.25) is 5.91 Å². The second-order valence-corrected chi connectivity index (χ2v) is 19.3. The molecule has 1 amide bonds. The van der Waals surface area contributed by atoms with E-state index in [0.29, 0.717) is 19.4 Å². The van der Waals surface area contributed by atoms with Crippen LogP contribution in [0.4, 0.5) is 0 Å². The predicted molar refractivity (Wildman–Crippen MR) is 269 cm³/mol. The van der Waals surface area contributed by atoms with Crippen LogP contribution in [0, 0.1) is 0 Å². The maximum atomic E-state index is 12.4. The second-order valence-electron chi connectivity index (χ2n) is 19.3. The van der Waals surface area contributed by atoms with Crippen molar-refractivity contribution < 1.29 is 24.5 Å². The molecule has 0 aliphatic heterocycles. The Hall–Kier alpha value is -1.40. The largest absolute Gasteiger partial charge is 0.466 e. The van der Waals surface area contributed by atoms with Crippen LogP contribution in [0.15, 0.2) is 12.2 Å². The Balaban J connectivity index is 3.40. The lowest BCUT2D eigenvalue weighted by molar-refractivity contribution is -0.143. The quantitative estimate of drug-likeness (QED) is 0.0321. The first kappa shape index (κ1) is 60.6. The van der Waals surface area contributed by atoms with Crippen LogP contribution in [0.2, 0.25) is 0 Å². The molecule has 0 aromatic heterocycles. The molecule has 62 heavy (non-hydrogen) atoms. The Labute approximate surface area is 387 Å². The minimum atomic E-state index is -0.845. The van der Waals surface area contributed by atoms with E-state index in [-0.39, 0.29) is 18.5 Å². The summed E-state index contributed by atoms with van der Waals surface area (Å²) in [5, 5.41) is 23.0. The third-order valence-corrected chi connectivity index (χ3v) is 13.1. The first-order chi connectivity index (χ1) is 30.5. The van der Waals surface area contributed by atoms with Crippen LogP contribution < -0.4 is 5.32 Å². The maximum absolute atomic E-state index is 12.4. The summed E-state index contributed by atoms with van der Waals surface area (Å²) in [5.41, 5.74) is 0. The highest BCUT2D eigenvalue weighted by Gasteiger charge is 2.18. The summed E-state index contributed by atoms with van der Waals surface area (Å²) in [5.74, 6) is -0.0620. The maximum Gasteiger partial charge on any atom is 0.305 e. The Morgan fingerprint density at radius 3 is 1.10 bits per heavy atom. The molecule has 0 bridgehead atoms. The van der Waals surface area contributed by atoms with Gasteiger partial charge in [-0.1, -0.05) is 276 Å². The molecule has 0 rings (SSSR count). The molecule has 0 aliphatic carbocycles. The third kappa shape index (κ3) is 48.1. The van der Waals surface area contributed by atoms with E-state index in [4.69, 9.17) is 4.74 Å². The molecule has 0 heterocycles. The molecular formula is C56H109NO5. The number of aliphatic hydroxyl groups is 2. The molecule has 0 aliphatic rings. The first-order valence-corrected chi connectivity index (χ1v) is 28.0. The fourth-order valence-electron chi connectivity index (χ4n) is 8.75. The van der Waals surface area contributed by atoms with E-state index in [9.17, 15) is 19.8 Å². The van der Waals surface area contributed by atoms with Crippen molar-refractivity contribution >= 4 is 11.9 Å². The molecule has 0 aromatic carbocycles. The van der Waals surface area contributed by atoms with E-state index in [1.807, 2.05) is 6.08 Å². The minimum Gasteiger partial charge on any atom is -0.466 e. The number of carbonyl (C=O) groups is 2. The van der Waals surface area contributed by atoms with Crippen molar-refractivity contribution in [2.75, 3.05) is 13.2 Å². The fraction of sp³-hybridized carbons (Fsp3) is 0.929. The summed E-state index contributed by atoms with van der Waals surface area (Å²) in [6.45, 7) is 4.90. The van der Waals surface area contributed by atoms with Crippen LogP contribution in [-0.2, 0) is 14.3 Å². The zero-order valence-corrected chi connectivity index (χ0v) is 41.9. The number of esters is 1. The Morgan fingerprint density at radius 2 is 0.742 bits per heavy atom. The van der Waals surface area contributed by atoms with Crippen molar-refractivity contribution in [3.63, 3.8) is 0 Å². The third-order valence-electron chi connectivity index (χ3n) is 13.1. The van der Waals surface area contributed by atoms with Gasteiger partial charge in [0.1, 0.15) is 0 Å². The number of rotatable bonds is 52. The van der Waals surface area contributed by atoms with Gasteiger partial charge in [-0.15, -0.1) is 0 Å². The highest BCUT2D eigenvalue weighted by Crippen LogP contribution is 2.17. The van der Waals surface area contributed by atoms with Gasteiger partial charge < -0.3 is 20.3 Å². The number of hydrogen-bond donors (Lipinski definition) is 3. The summed E-state index contributed by atoms with van der Waals surface area (Å²) < 4.78 is 5.48. The number of ether oxygens (including phenoxy) is 1. The van der Waals surface area contributed by atoms with Crippen molar-refractivity contribution in [3.05, 3.63) is 12.2 Å². The van der Waals surface area contributed by atoms with Crippen LogP contribution in [0.3, 0.4) is 0 Å². The van der Waals surface area contributed by atoms with Crippen molar-refractivity contribution in [3.8, 4) is 0 Å². The van der Waals surface area contributed by atoms with Gasteiger partial charge in [0, 0.05) is 12.8 Å². The standard InChI is InChI=1S/C56H109NO5/c1-3-5-7-9-11-13-15-17-22-26-30-34-38-42-46-50-56(61)62-51-47-43-39-35-31-27-24-21-19-18-20-23-25-29-33-37-41-45-49-55(60)57-53(52-58)54(59)48-44-40-36-32-28-16-14-12-10-8-6-4-2/h44,48,53-54,58-59H,3-43,45-47,49-52H2,1-2H3,(H,57,60)/b48-44+. The summed E-state index contributed by atoms with van der Waals surface area (Å²) >= 11 is 0. The highest BCUT2D eigenvalue weighted by molar-refractivity contribution is 5.76. The van der Waals surface area contributed by atoms with Crippen LogP contribution in [0.1, 0.15) is 309 Å². The van der Waals surface area contributed by atoms with Crippen molar-refractivity contribution in [2.24, 2.45) is 0 Å². The first-order valence-electron chi connectivity index (χ1n) is 28.0. The zero-order chi connectivity index (χ0) is 45.1. The van der Waals surface area contributed by atoms with Gasteiger partial charge in [-0.25, -0.2) is 0 Å². The van der Waals surface area contributed by atoms with Gasteiger partial charge in [0.05, 0.1) is 25.4 Å². The normalized spacial score (nSPS) is 12.6. The van der Waals surface area contributed by atoms with Gasteiger partial charge in [-0.3, -0.25) is 9.59 Å². The van der Waals surface area contributed by atoms with E-state index in [1.54, 1.807) is 6.08 Å². The number of hydrogen-bond acceptors (Lipinski definition) is 5. The summed E-state index contributed by atoms with van der Waals surface area (Å²) in [6, 6.07) is -0.629. The lowest BCUT2D eigenvalue weighted by atomic mass is 10.0. The Bertz CT molecular complexity index is 924. The topological polar surface area (TPSA) is 95.9 Å². The van der Waals surface area contributed by atoms with Crippen LogP contribution in [0.25, 0.3) is 0 Å². The average molecular weight is 876 g/mol. The molecule has 368 valence electrons. The summed E-state index contributed by atoms with van der Waals surface area (Å²) in [7, 11) is 0. The van der Waals surface area contributed by atoms with Crippen molar-refractivity contribution in [2.45, 2.75) is 321 Å². The van der Waals surface area contributed by atoms with E-state index in [0.717, 1.165) is 38.5 Å². The van der Waals surface area contributed by atoms with E-state index >= 15 is 0 Å². The Morgan fingerprint density at radius 1 is 0.435 bits per heavy atom. The molecule has 6 nitrogen and oxygen atoms in total. The molecule has 3 N–H and O–H groups in total. The predicted octanol–water partition coefficient (Wildman–Crippen LogP) is 16.9. The molecule has 2 unspecified atom stereocenters. The van der Waals surface area contributed by atoms with E-state index in [1.165, 1.54) is 244 Å². The average Bonchev–Trinajstić information content (AvgIpc) is 3.27. The summed E-state index contributed by atoms with van der Waals surface area (Å²) in [6.07, 6.45) is 60.8. The van der Waals surface area contributed by atoms with Gasteiger partial charge in [-0.2, -0.15) is 0 Å². The minimum absolute atomic E-state index is 0.00957. The molecule has 0 spiro atoms. The molecule has 0 saturated carbocycles. The number of aliphatic hydroxyl groups excluding tert-OH is 2. The van der Waals surface area contributed by atoms with Gasteiger partial charge >= 0.3 is 5.97 Å². The molecule has 6 heteroatoms. The monoisotopic (exact) mass is 876 g/mol. The van der Waals surface area contributed by atoms with Gasteiger partial charge in [-0.05, 0) is 32.1 Å². The second kappa shape index (κ2) is 52.2. The Kier molecular flexibility index (Phi) is 51.0. The van der Waals surface area contributed by atoms with Crippen molar-refractivity contribution in [1.29, 1.82) is 0 Å². The highest BCUT2D eigenvalue weighted by atomic mass is 16.5. The molecule has 0 radical (unpaired) electrons. The molecule has 0 aromatic rings. The van der Waals surface area contributed by atoms with E-state index in [2.05, 4.69) is 19.2 Å².